The van der Waals surface area contributed by atoms with Crippen LogP contribution in [0, 0.1) is 0 Å². The molecule has 0 radical (unpaired) electrons. The molecule has 0 saturated heterocycles. The first kappa shape index (κ1) is 30.8. The molecule has 0 aliphatic heterocycles. The Morgan fingerprint density at radius 1 is 0.711 bits per heavy atom. The zero-order chi connectivity index (χ0) is 31.4. The summed E-state index contributed by atoms with van der Waals surface area (Å²) in [5.74, 6) is -0.196. The minimum absolute atomic E-state index is 0.0549. The van der Waals surface area contributed by atoms with Gasteiger partial charge in [0, 0.05) is 33.1 Å². The van der Waals surface area contributed by atoms with Gasteiger partial charge >= 0.3 is 0 Å². The van der Waals surface area contributed by atoms with Crippen molar-refractivity contribution in [3.63, 3.8) is 0 Å². The number of nitrogens with zero attached hydrogens (tertiary/aromatic N) is 1. The normalized spacial score (nSPS) is 10.9. The number of carbonyl (C=O) groups excluding carboxylic acids is 3. The minimum Gasteiger partial charge on any atom is -0.496 e. The van der Waals surface area contributed by atoms with E-state index in [1.807, 2.05) is 91.0 Å². The van der Waals surface area contributed by atoms with Gasteiger partial charge < -0.3 is 15.4 Å². The molecule has 0 aliphatic rings. The number of nitrogens with one attached hydrogen (secondary N) is 2. The molecule has 5 aromatic rings. The number of para-hydroxylation sites is 3. The summed E-state index contributed by atoms with van der Waals surface area (Å²) in [5.41, 5.74) is 3.23. The van der Waals surface area contributed by atoms with E-state index in [1.165, 1.54) is 11.8 Å². The fraction of sp³-hybridized carbons (Fsp3) is 0.0541. The van der Waals surface area contributed by atoms with Crippen molar-refractivity contribution in [2.75, 3.05) is 23.1 Å². The summed E-state index contributed by atoms with van der Waals surface area (Å²) < 4.78 is 5.43. The molecule has 5 aromatic carbocycles. The summed E-state index contributed by atoms with van der Waals surface area (Å²) >= 11 is 1.41. The Morgan fingerprint density at radius 3 is 1.87 bits per heavy atom. The van der Waals surface area contributed by atoms with Gasteiger partial charge in [-0.25, -0.2) is 0 Å². The van der Waals surface area contributed by atoms with Crippen LogP contribution in [0.2, 0.25) is 0 Å². The van der Waals surface area contributed by atoms with E-state index in [9.17, 15) is 14.4 Å². The highest BCUT2D eigenvalue weighted by molar-refractivity contribution is 8.00. The van der Waals surface area contributed by atoms with Crippen molar-refractivity contribution in [1.29, 1.82) is 0 Å². The maximum Gasteiger partial charge on any atom is 0.272 e. The first-order valence-electron chi connectivity index (χ1n) is 14.2. The molecule has 224 valence electrons. The quantitative estimate of drug-likeness (QED) is 0.119. The van der Waals surface area contributed by atoms with Crippen molar-refractivity contribution in [3.8, 4) is 5.75 Å². The second kappa shape index (κ2) is 15.2. The van der Waals surface area contributed by atoms with Gasteiger partial charge in [-0.3, -0.25) is 19.3 Å². The number of benzene rings is 5. The summed E-state index contributed by atoms with van der Waals surface area (Å²) in [7, 11) is 1.54. The van der Waals surface area contributed by atoms with Gasteiger partial charge in [0.05, 0.1) is 12.9 Å². The molecule has 0 atom stereocenters. The average Bonchev–Trinajstić information content (AvgIpc) is 3.09. The van der Waals surface area contributed by atoms with E-state index in [1.54, 1.807) is 66.6 Å². The maximum atomic E-state index is 13.4. The summed E-state index contributed by atoms with van der Waals surface area (Å²) in [6.07, 6.45) is 1.58. The average molecular weight is 614 g/mol. The van der Waals surface area contributed by atoms with Crippen LogP contribution >= 0.6 is 11.8 Å². The summed E-state index contributed by atoms with van der Waals surface area (Å²) in [4.78, 5) is 42.4. The Hall–Kier alpha value is -5.60. The molecule has 0 bridgehead atoms. The maximum absolute atomic E-state index is 13.4. The molecule has 5 rings (SSSR count). The van der Waals surface area contributed by atoms with Gasteiger partial charge in [0.1, 0.15) is 11.4 Å². The van der Waals surface area contributed by atoms with Crippen LogP contribution in [0.15, 0.2) is 150 Å². The van der Waals surface area contributed by atoms with E-state index in [4.69, 9.17) is 4.74 Å². The lowest BCUT2D eigenvalue weighted by Gasteiger charge is -2.23. The number of anilines is 3. The Morgan fingerprint density at radius 2 is 1.27 bits per heavy atom. The van der Waals surface area contributed by atoms with E-state index < -0.39 is 11.8 Å². The number of hydrogen-bond donors (Lipinski definition) is 2. The predicted octanol–water partition coefficient (Wildman–Crippen LogP) is 7.56. The molecule has 0 aromatic heterocycles. The summed E-state index contributed by atoms with van der Waals surface area (Å²) in [5, 5.41) is 5.61. The second-order valence-corrected chi connectivity index (χ2v) is 10.8. The highest BCUT2D eigenvalue weighted by atomic mass is 32.2. The zero-order valence-corrected chi connectivity index (χ0v) is 25.4. The molecule has 0 saturated carbocycles. The van der Waals surface area contributed by atoms with Crippen LogP contribution in [0.3, 0.4) is 0 Å². The first-order chi connectivity index (χ1) is 22.0. The number of methoxy groups -OCH3 is 1. The molecule has 0 heterocycles. The van der Waals surface area contributed by atoms with Crippen LogP contribution in [0.4, 0.5) is 17.1 Å². The molecular weight excluding hydrogens is 582 g/mol. The number of carbonyl (C=O) groups is 3. The van der Waals surface area contributed by atoms with Gasteiger partial charge in [0.25, 0.3) is 11.8 Å². The van der Waals surface area contributed by atoms with Gasteiger partial charge in [-0.05, 0) is 72.8 Å². The van der Waals surface area contributed by atoms with Crippen LogP contribution in [0.5, 0.6) is 5.75 Å². The van der Waals surface area contributed by atoms with Gasteiger partial charge in [-0.1, -0.05) is 72.8 Å². The van der Waals surface area contributed by atoms with E-state index in [0.29, 0.717) is 22.6 Å². The lowest BCUT2D eigenvalue weighted by Crippen LogP contribution is -2.30. The number of amides is 3. The molecule has 2 N–H and O–H groups in total. The van der Waals surface area contributed by atoms with Crippen molar-refractivity contribution >= 4 is 52.6 Å². The molecule has 0 spiro atoms. The van der Waals surface area contributed by atoms with Gasteiger partial charge in [0.15, 0.2) is 0 Å². The van der Waals surface area contributed by atoms with Crippen molar-refractivity contribution in [2.24, 2.45) is 0 Å². The Balaban J connectivity index is 1.28. The van der Waals surface area contributed by atoms with Gasteiger partial charge in [-0.2, -0.15) is 0 Å². The standard InChI is InChI=1S/C37H31N3O4S/c1-44-34-20-12-11-15-28(34)25-33(39-36(42)27-13-5-2-6-14-27)37(43)38-29-21-23-32(24-22-29)45-26-35(41)40(30-16-7-3-8-17-30)31-18-9-4-10-19-31/h2-25H,26H2,1H3,(H,38,43)(H,39,42)/b33-25-. The predicted molar refractivity (Wildman–Crippen MR) is 181 cm³/mol. The molecular formula is C37H31N3O4S. The third-order valence-corrected chi connectivity index (χ3v) is 7.72. The van der Waals surface area contributed by atoms with Gasteiger partial charge in [-0.15, -0.1) is 11.8 Å². The van der Waals surface area contributed by atoms with E-state index in [0.717, 1.165) is 16.3 Å². The number of rotatable bonds is 11. The Bertz CT molecular complexity index is 1740. The van der Waals surface area contributed by atoms with E-state index in [-0.39, 0.29) is 17.4 Å². The molecule has 0 unspecified atom stereocenters. The second-order valence-electron chi connectivity index (χ2n) is 9.79. The van der Waals surface area contributed by atoms with Gasteiger partial charge in [0.2, 0.25) is 5.91 Å². The minimum atomic E-state index is -0.498. The number of hydrogen-bond acceptors (Lipinski definition) is 5. The molecule has 7 nitrogen and oxygen atoms in total. The fourth-order valence-electron chi connectivity index (χ4n) is 4.52. The molecule has 0 fully saturated rings. The highest BCUT2D eigenvalue weighted by Gasteiger charge is 2.19. The van der Waals surface area contributed by atoms with E-state index in [2.05, 4.69) is 10.6 Å². The van der Waals surface area contributed by atoms with Crippen molar-refractivity contribution in [2.45, 2.75) is 4.90 Å². The van der Waals surface area contributed by atoms with Crippen LogP contribution in [0.1, 0.15) is 15.9 Å². The highest BCUT2D eigenvalue weighted by Crippen LogP contribution is 2.28. The Labute approximate surface area is 266 Å². The topological polar surface area (TPSA) is 87.7 Å². The van der Waals surface area contributed by atoms with E-state index >= 15 is 0 Å². The summed E-state index contributed by atoms with van der Waals surface area (Å²) in [6, 6.07) is 42.2. The molecule has 8 heteroatoms. The van der Waals surface area contributed by atoms with Crippen LogP contribution in [-0.4, -0.2) is 30.6 Å². The summed E-state index contributed by atoms with van der Waals surface area (Å²) in [6.45, 7) is 0. The fourth-order valence-corrected chi connectivity index (χ4v) is 5.27. The Kier molecular flexibility index (Phi) is 10.4. The van der Waals surface area contributed by atoms with Crippen molar-refractivity contribution in [3.05, 3.63) is 156 Å². The molecule has 3 amide bonds. The van der Waals surface area contributed by atoms with Crippen LogP contribution in [-0.2, 0) is 9.59 Å². The largest absolute Gasteiger partial charge is 0.496 e. The zero-order valence-electron chi connectivity index (χ0n) is 24.6. The number of ether oxygens (including phenoxy) is 1. The lowest BCUT2D eigenvalue weighted by molar-refractivity contribution is -0.115. The SMILES string of the molecule is COc1ccccc1/C=C(\NC(=O)c1ccccc1)C(=O)Nc1ccc(SCC(=O)N(c2ccccc2)c2ccccc2)cc1. The molecule has 0 aliphatic carbocycles. The third kappa shape index (κ3) is 8.28. The first-order valence-corrected chi connectivity index (χ1v) is 15.2. The number of thioether (sulfide) groups is 1. The smallest absolute Gasteiger partial charge is 0.272 e. The third-order valence-electron chi connectivity index (χ3n) is 6.72. The van der Waals surface area contributed by atoms with Crippen molar-refractivity contribution in [1.82, 2.24) is 5.32 Å². The molecule has 45 heavy (non-hydrogen) atoms. The van der Waals surface area contributed by atoms with Crippen LogP contribution in [0.25, 0.3) is 6.08 Å². The lowest BCUT2D eigenvalue weighted by atomic mass is 10.1. The van der Waals surface area contributed by atoms with Crippen molar-refractivity contribution < 1.29 is 19.1 Å². The monoisotopic (exact) mass is 613 g/mol. The van der Waals surface area contributed by atoms with Crippen LogP contribution < -0.4 is 20.3 Å².